The molecule has 0 fully saturated rings. The molecule has 2 aromatic rings. The highest BCUT2D eigenvalue weighted by atomic mass is 32.2. The molecule has 1 aromatic carbocycles. The average Bonchev–Trinajstić information content (AvgIpc) is 2.81. The van der Waals surface area contributed by atoms with E-state index in [2.05, 4.69) is 10.3 Å². The predicted molar refractivity (Wildman–Crippen MR) is 79.1 cm³/mol. The summed E-state index contributed by atoms with van der Waals surface area (Å²) in [7, 11) is 1.68. The first-order chi connectivity index (χ1) is 9.10. The van der Waals surface area contributed by atoms with E-state index in [-0.39, 0.29) is 10.6 Å². The van der Waals surface area contributed by atoms with E-state index in [4.69, 9.17) is 0 Å². The summed E-state index contributed by atoms with van der Waals surface area (Å²) in [5.41, 5.74) is 2.56. The zero-order valence-electron chi connectivity index (χ0n) is 10.5. The third-order valence-corrected chi connectivity index (χ3v) is 4.70. The van der Waals surface area contributed by atoms with E-state index >= 15 is 0 Å². The van der Waals surface area contributed by atoms with Gasteiger partial charge in [0, 0.05) is 29.9 Å². The summed E-state index contributed by atoms with van der Waals surface area (Å²) in [5, 5.41) is 15.8. The van der Waals surface area contributed by atoms with Gasteiger partial charge in [-0.15, -0.1) is 11.3 Å². The van der Waals surface area contributed by atoms with Gasteiger partial charge in [-0.25, -0.2) is 4.98 Å². The lowest BCUT2D eigenvalue weighted by Gasteiger charge is -2.04. The molecule has 0 saturated heterocycles. The van der Waals surface area contributed by atoms with E-state index in [1.807, 2.05) is 18.4 Å². The lowest BCUT2D eigenvalue weighted by molar-refractivity contribution is -0.384. The topological polar surface area (TPSA) is 68.1 Å². The Morgan fingerprint density at radius 1 is 1.53 bits per heavy atom. The first-order valence-corrected chi connectivity index (χ1v) is 7.46. The van der Waals surface area contributed by atoms with Crippen molar-refractivity contribution in [2.45, 2.75) is 17.0 Å². The van der Waals surface area contributed by atoms with Crippen LogP contribution in [0.5, 0.6) is 0 Å². The van der Waals surface area contributed by atoms with Crippen LogP contribution in [0.25, 0.3) is 0 Å². The van der Waals surface area contributed by atoms with Gasteiger partial charge < -0.3 is 5.32 Å². The van der Waals surface area contributed by atoms with Crippen molar-refractivity contribution in [2.24, 2.45) is 0 Å². The number of anilines is 1. The zero-order chi connectivity index (χ0) is 13.8. The largest absolute Gasteiger partial charge is 0.383 e. The summed E-state index contributed by atoms with van der Waals surface area (Å²) >= 11 is 3.19. The highest BCUT2D eigenvalue weighted by Gasteiger charge is 2.13. The molecule has 0 atom stereocenters. The van der Waals surface area contributed by atoms with Gasteiger partial charge in [0.1, 0.15) is 10.0 Å². The highest BCUT2D eigenvalue weighted by molar-refractivity contribution is 8.00. The van der Waals surface area contributed by atoms with E-state index in [1.165, 1.54) is 0 Å². The van der Waals surface area contributed by atoms with Crippen LogP contribution < -0.4 is 5.32 Å². The molecule has 1 heterocycles. The Morgan fingerprint density at radius 3 is 2.89 bits per heavy atom. The molecule has 2 rings (SSSR count). The number of hydrogen-bond acceptors (Lipinski definition) is 6. The molecule has 100 valence electrons. The van der Waals surface area contributed by atoms with Crippen LogP contribution in [0.3, 0.4) is 0 Å². The van der Waals surface area contributed by atoms with Crippen LogP contribution >= 0.6 is 23.1 Å². The first-order valence-electron chi connectivity index (χ1n) is 5.60. The molecule has 0 radical (unpaired) electrons. The fraction of sp³-hybridized carbons (Fsp3) is 0.250. The number of nitro groups is 1. The van der Waals surface area contributed by atoms with Crippen molar-refractivity contribution in [3.05, 3.63) is 45.0 Å². The summed E-state index contributed by atoms with van der Waals surface area (Å²) in [6, 6.07) is 5.24. The molecule has 0 aliphatic carbocycles. The zero-order valence-corrected chi connectivity index (χ0v) is 12.2. The maximum Gasteiger partial charge on any atom is 0.292 e. The summed E-state index contributed by atoms with van der Waals surface area (Å²) in [6.45, 7) is 1.95. The Kier molecular flexibility index (Phi) is 4.39. The van der Waals surface area contributed by atoms with E-state index in [0.717, 1.165) is 15.6 Å². The van der Waals surface area contributed by atoms with Crippen molar-refractivity contribution in [3.8, 4) is 0 Å². The van der Waals surface area contributed by atoms with Crippen molar-refractivity contribution in [3.63, 3.8) is 0 Å². The summed E-state index contributed by atoms with van der Waals surface area (Å²) in [5.74, 6) is 0.678. The number of aromatic nitrogens is 1. The third-order valence-electron chi connectivity index (χ3n) is 2.49. The number of benzene rings is 1. The van der Waals surface area contributed by atoms with Crippen molar-refractivity contribution >= 4 is 34.5 Å². The quantitative estimate of drug-likeness (QED) is 0.517. The molecule has 7 heteroatoms. The summed E-state index contributed by atoms with van der Waals surface area (Å²) in [4.78, 5) is 14.9. The van der Waals surface area contributed by atoms with Gasteiger partial charge in [-0.2, -0.15) is 0 Å². The van der Waals surface area contributed by atoms with Crippen molar-refractivity contribution < 1.29 is 4.92 Å². The SMILES string of the molecule is CNc1ccc(CSc2nc(C)cs2)cc1[N+](=O)[O-]. The van der Waals surface area contributed by atoms with Crippen LogP contribution in [0.1, 0.15) is 11.3 Å². The fourth-order valence-electron chi connectivity index (χ4n) is 1.57. The summed E-state index contributed by atoms with van der Waals surface area (Å²) in [6.07, 6.45) is 0. The Bertz CT molecular complexity index is 598. The molecular weight excluding hydrogens is 282 g/mol. The Balaban J connectivity index is 2.12. The van der Waals surface area contributed by atoms with Gasteiger partial charge in [-0.05, 0) is 18.6 Å². The average molecular weight is 295 g/mol. The number of nitro benzene ring substituents is 1. The number of nitrogens with zero attached hydrogens (tertiary/aromatic N) is 2. The fourth-order valence-corrected chi connectivity index (χ4v) is 3.37. The van der Waals surface area contributed by atoms with Gasteiger partial charge in [0.05, 0.1) is 4.92 Å². The van der Waals surface area contributed by atoms with Crippen molar-refractivity contribution in [1.82, 2.24) is 4.98 Å². The molecule has 19 heavy (non-hydrogen) atoms. The normalized spacial score (nSPS) is 10.4. The number of thioether (sulfide) groups is 1. The minimum atomic E-state index is -0.368. The van der Waals surface area contributed by atoms with Crippen LogP contribution in [0.15, 0.2) is 27.9 Å². The van der Waals surface area contributed by atoms with Crippen LogP contribution in [-0.2, 0) is 5.75 Å². The minimum absolute atomic E-state index is 0.107. The van der Waals surface area contributed by atoms with Crippen LogP contribution in [-0.4, -0.2) is 17.0 Å². The standard InChI is InChI=1S/C12H13N3O2S2/c1-8-6-18-12(14-8)19-7-9-3-4-10(13-2)11(5-9)15(16)17/h3-6,13H,7H2,1-2H3. The molecule has 0 spiro atoms. The van der Waals surface area contributed by atoms with Gasteiger partial charge >= 0.3 is 0 Å². The summed E-state index contributed by atoms with van der Waals surface area (Å²) < 4.78 is 0.984. The van der Waals surface area contributed by atoms with Crippen molar-refractivity contribution in [1.29, 1.82) is 0 Å². The van der Waals surface area contributed by atoms with Gasteiger partial charge in [0.2, 0.25) is 0 Å². The molecule has 5 nitrogen and oxygen atoms in total. The van der Waals surface area contributed by atoms with Gasteiger partial charge in [-0.1, -0.05) is 17.8 Å². The Morgan fingerprint density at radius 2 is 2.32 bits per heavy atom. The molecule has 0 aliphatic rings. The molecular formula is C12H13N3O2S2. The second kappa shape index (κ2) is 6.03. The monoisotopic (exact) mass is 295 g/mol. The van der Waals surface area contributed by atoms with Crippen LogP contribution in [0.2, 0.25) is 0 Å². The molecule has 0 bridgehead atoms. The van der Waals surface area contributed by atoms with Gasteiger partial charge in [0.25, 0.3) is 5.69 Å². The van der Waals surface area contributed by atoms with Crippen LogP contribution in [0.4, 0.5) is 11.4 Å². The van der Waals surface area contributed by atoms with Crippen LogP contribution in [0, 0.1) is 17.0 Å². The third kappa shape index (κ3) is 3.45. The lowest BCUT2D eigenvalue weighted by Crippen LogP contribution is -1.97. The molecule has 1 aromatic heterocycles. The van der Waals surface area contributed by atoms with E-state index in [0.29, 0.717) is 11.4 Å². The first kappa shape index (κ1) is 13.8. The van der Waals surface area contributed by atoms with Gasteiger partial charge in [0.15, 0.2) is 0 Å². The molecule has 1 N–H and O–H groups in total. The number of thiazole rings is 1. The molecule has 0 unspecified atom stereocenters. The Hall–Kier alpha value is -1.60. The minimum Gasteiger partial charge on any atom is -0.383 e. The number of rotatable bonds is 5. The second-order valence-electron chi connectivity index (χ2n) is 3.90. The maximum atomic E-state index is 11.0. The van der Waals surface area contributed by atoms with Gasteiger partial charge in [-0.3, -0.25) is 10.1 Å². The molecule has 0 aliphatic heterocycles. The predicted octanol–water partition coefficient (Wildman–Crippen LogP) is 3.69. The smallest absolute Gasteiger partial charge is 0.292 e. The maximum absolute atomic E-state index is 11.0. The lowest BCUT2D eigenvalue weighted by atomic mass is 10.2. The number of nitrogens with one attached hydrogen (secondary N) is 1. The van der Waals surface area contributed by atoms with E-state index in [9.17, 15) is 10.1 Å². The number of aryl methyl sites for hydroxylation is 1. The van der Waals surface area contributed by atoms with E-state index in [1.54, 1.807) is 42.3 Å². The number of hydrogen-bond donors (Lipinski definition) is 1. The van der Waals surface area contributed by atoms with E-state index < -0.39 is 0 Å². The molecule has 0 amide bonds. The highest BCUT2D eigenvalue weighted by Crippen LogP contribution is 2.30. The Labute approximate surface area is 119 Å². The second-order valence-corrected chi connectivity index (χ2v) is 5.98. The molecule has 0 saturated carbocycles. The van der Waals surface area contributed by atoms with Crippen molar-refractivity contribution in [2.75, 3.05) is 12.4 Å².